The van der Waals surface area contributed by atoms with Gasteiger partial charge < -0.3 is 10.6 Å². The fraction of sp³-hybridized carbons (Fsp3) is 0.357. The largest absolute Gasteiger partial charge is 0.329 e. The lowest BCUT2D eigenvalue weighted by molar-refractivity contribution is -0.138. The van der Waals surface area contributed by atoms with Crippen molar-refractivity contribution >= 4 is 23.4 Å². The number of halogens is 1. The van der Waals surface area contributed by atoms with E-state index in [0.717, 1.165) is 31.2 Å². The Kier molecular flexibility index (Phi) is 7.04. The molecule has 2 aromatic carbocycles. The van der Waals surface area contributed by atoms with Crippen LogP contribution in [0.3, 0.4) is 0 Å². The smallest absolute Gasteiger partial charge is 0.254 e. The molecule has 5 rings (SSSR count). The molecule has 1 heterocycles. The summed E-state index contributed by atoms with van der Waals surface area (Å²) in [7, 11) is 0. The molecule has 182 valence electrons. The number of carbonyl (C=O) groups is 2. The maximum Gasteiger partial charge on any atom is 0.254 e. The summed E-state index contributed by atoms with van der Waals surface area (Å²) in [5.41, 5.74) is 11.4. The number of rotatable bonds is 6. The van der Waals surface area contributed by atoms with Gasteiger partial charge in [-0.1, -0.05) is 85.1 Å². The van der Waals surface area contributed by atoms with Gasteiger partial charge in [-0.25, -0.2) is 5.48 Å². The second-order valence-electron chi connectivity index (χ2n) is 9.51. The van der Waals surface area contributed by atoms with Crippen molar-refractivity contribution in [1.82, 2.24) is 10.4 Å². The molecule has 2 unspecified atom stereocenters. The molecule has 0 saturated heterocycles. The number of fused-ring (bicyclic) bond motifs is 1. The van der Waals surface area contributed by atoms with Gasteiger partial charge in [0.25, 0.3) is 11.8 Å². The lowest BCUT2D eigenvalue weighted by Crippen LogP contribution is -2.62. The Labute approximate surface area is 210 Å². The van der Waals surface area contributed by atoms with Gasteiger partial charge >= 0.3 is 0 Å². The SMILES string of the molecule is N[C@H]1CCCC[C@@H]1N1C(=O)c2ccccc2[C@@H](C(=O)NOCc2ccccc2)C1C1C=CC(Cl)=C1. The molecule has 1 saturated carbocycles. The van der Waals surface area contributed by atoms with Crippen molar-refractivity contribution in [2.24, 2.45) is 11.7 Å². The van der Waals surface area contributed by atoms with Gasteiger partial charge in [0.05, 0.1) is 18.6 Å². The van der Waals surface area contributed by atoms with E-state index in [2.05, 4.69) is 5.48 Å². The fourth-order valence-electron chi connectivity index (χ4n) is 5.68. The number of nitrogens with two attached hydrogens (primary N) is 1. The molecule has 0 spiro atoms. The second-order valence-corrected chi connectivity index (χ2v) is 9.95. The molecule has 2 aliphatic carbocycles. The van der Waals surface area contributed by atoms with Gasteiger partial charge in [0.1, 0.15) is 0 Å². The van der Waals surface area contributed by atoms with Gasteiger partial charge in [-0.2, -0.15) is 0 Å². The molecule has 1 aliphatic heterocycles. The van der Waals surface area contributed by atoms with Gasteiger partial charge in [-0.15, -0.1) is 0 Å². The third kappa shape index (κ3) is 4.79. The average molecular weight is 492 g/mol. The summed E-state index contributed by atoms with van der Waals surface area (Å²) in [6.45, 7) is 0.247. The Morgan fingerprint density at radius 1 is 1.09 bits per heavy atom. The minimum absolute atomic E-state index is 0.0768. The summed E-state index contributed by atoms with van der Waals surface area (Å²) in [5.74, 6) is -1.21. The number of hydrogen-bond donors (Lipinski definition) is 2. The number of amides is 2. The highest BCUT2D eigenvalue weighted by molar-refractivity contribution is 6.31. The number of nitrogens with one attached hydrogen (secondary N) is 1. The van der Waals surface area contributed by atoms with Crippen molar-refractivity contribution < 1.29 is 14.4 Å². The third-order valence-corrected chi connectivity index (χ3v) is 7.57. The highest BCUT2D eigenvalue weighted by Crippen LogP contribution is 2.43. The molecular weight excluding hydrogens is 462 g/mol. The predicted molar refractivity (Wildman–Crippen MR) is 135 cm³/mol. The maximum atomic E-state index is 13.9. The third-order valence-electron chi connectivity index (χ3n) is 7.32. The lowest BCUT2D eigenvalue weighted by atomic mass is 9.74. The van der Waals surface area contributed by atoms with Crippen LogP contribution in [-0.4, -0.2) is 34.8 Å². The molecule has 35 heavy (non-hydrogen) atoms. The van der Waals surface area contributed by atoms with Crippen LogP contribution in [0.5, 0.6) is 0 Å². The number of nitrogens with zero attached hydrogens (tertiary/aromatic N) is 1. The van der Waals surface area contributed by atoms with E-state index in [1.165, 1.54) is 0 Å². The van der Waals surface area contributed by atoms with Crippen LogP contribution < -0.4 is 11.2 Å². The summed E-state index contributed by atoms with van der Waals surface area (Å²) in [5, 5.41) is 0.605. The monoisotopic (exact) mass is 491 g/mol. The van der Waals surface area contributed by atoms with Crippen LogP contribution in [0.2, 0.25) is 0 Å². The van der Waals surface area contributed by atoms with Crippen LogP contribution in [0, 0.1) is 5.92 Å². The molecule has 6 nitrogen and oxygen atoms in total. The molecule has 2 amide bonds. The molecule has 2 aromatic rings. The minimum Gasteiger partial charge on any atom is -0.329 e. The van der Waals surface area contributed by atoms with E-state index in [4.69, 9.17) is 22.2 Å². The van der Waals surface area contributed by atoms with Crippen LogP contribution >= 0.6 is 11.6 Å². The van der Waals surface area contributed by atoms with E-state index in [9.17, 15) is 9.59 Å². The van der Waals surface area contributed by atoms with Crippen molar-refractivity contribution in [2.75, 3.05) is 0 Å². The van der Waals surface area contributed by atoms with Gasteiger partial charge in [0, 0.05) is 28.6 Å². The van der Waals surface area contributed by atoms with Crippen LogP contribution in [0.15, 0.2) is 77.9 Å². The first-order chi connectivity index (χ1) is 17.0. The van der Waals surface area contributed by atoms with E-state index in [-0.39, 0.29) is 36.4 Å². The summed E-state index contributed by atoms with van der Waals surface area (Å²) < 4.78 is 0. The van der Waals surface area contributed by atoms with Crippen LogP contribution in [0.1, 0.15) is 53.1 Å². The molecule has 3 N–H and O–H groups in total. The van der Waals surface area contributed by atoms with Gasteiger partial charge in [-0.3, -0.25) is 14.4 Å². The molecule has 7 heteroatoms. The minimum atomic E-state index is -0.637. The molecule has 5 atom stereocenters. The van der Waals surface area contributed by atoms with Crippen molar-refractivity contribution in [3.8, 4) is 0 Å². The average Bonchev–Trinajstić information content (AvgIpc) is 3.31. The standard InChI is InChI=1S/C28H30ClN3O3/c29-20-15-14-19(16-20)26-25(27(33)31-35-17-18-8-2-1-3-9-18)21-10-4-5-11-22(21)28(34)32(26)24-13-7-6-12-23(24)30/h1-5,8-11,14-16,19,23-26H,6-7,12-13,17,30H2,(H,31,33)/t19?,23-,24-,25+,26?/m0/s1. The van der Waals surface area contributed by atoms with Crippen molar-refractivity contribution in [3.63, 3.8) is 0 Å². The number of hydrogen-bond acceptors (Lipinski definition) is 4. The zero-order valence-electron chi connectivity index (χ0n) is 19.5. The predicted octanol–water partition coefficient (Wildman–Crippen LogP) is 4.42. The quantitative estimate of drug-likeness (QED) is 0.586. The normalized spacial score (nSPS) is 27.9. The van der Waals surface area contributed by atoms with E-state index in [1.807, 2.05) is 71.7 Å². The van der Waals surface area contributed by atoms with E-state index in [1.54, 1.807) is 6.07 Å². The van der Waals surface area contributed by atoms with Gasteiger partial charge in [-0.05, 0) is 36.1 Å². The zero-order chi connectivity index (χ0) is 24.4. The van der Waals surface area contributed by atoms with E-state index < -0.39 is 12.0 Å². The van der Waals surface area contributed by atoms with Gasteiger partial charge in [0.15, 0.2) is 0 Å². The summed E-state index contributed by atoms with van der Waals surface area (Å²) in [6, 6.07) is 16.3. The Balaban J connectivity index is 1.51. The van der Waals surface area contributed by atoms with E-state index >= 15 is 0 Å². The topological polar surface area (TPSA) is 84.7 Å². The van der Waals surface area contributed by atoms with Crippen LogP contribution in [0.25, 0.3) is 0 Å². The number of allylic oxidation sites excluding steroid dienone is 2. The Morgan fingerprint density at radius 2 is 1.83 bits per heavy atom. The first-order valence-electron chi connectivity index (χ1n) is 12.2. The molecule has 1 fully saturated rings. The van der Waals surface area contributed by atoms with Crippen LogP contribution in [0.4, 0.5) is 0 Å². The van der Waals surface area contributed by atoms with Gasteiger partial charge in [0.2, 0.25) is 0 Å². The first-order valence-corrected chi connectivity index (χ1v) is 12.6. The summed E-state index contributed by atoms with van der Waals surface area (Å²) >= 11 is 6.32. The van der Waals surface area contributed by atoms with Crippen molar-refractivity contribution in [1.29, 1.82) is 0 Å². The first kappa shape index (κ1) is 23.8. The summed E-state index contributed by atoms with van der Waals surface area (Å²) in [6.07, 6.45) is 9.45. The highest BCUT2D eigenvalue weighted by Gasteiger charge is 2.49. The fourth-order valence-corrected chi connectivity index (χ4v) is 5.90. The molecular formula is C28H30ClN3O3. The number of hydroxylamine groups is 1. The van der Waals surface area contributed by atoms with Crippen molar-refractivity contribution in [3.05, 3.63) is 94.5 Å². The number of carbonyl (C=O) groups excluding carboxylic acids is 2. The van der Waals surface area contributed by atoms with E-state index in [0.29, 0.717) is 16.2 Å². The Hall–Kier alpha value is -2.93. The Morgan fingerprint density at radius 3 is 2.57 bits per heavy atom. The molecule has 0 bridgehead atoms. The van der Waals surface area contributed by atoms with Crippen LogP contribution in [-0.2, 0) is 16.2 Å². The maximum absolute atomic E-state index is 13.9. The second kappa shape index (κ2) is 10.4. The molecule has 0 radical (unpaired) electrons. The molecule has 3 aliphatic rings. The molecule has 0 aromatic heterocycles. The zero-order valence-corrected chi connectivity index (χ0v) is 20.2. The van der Waals surface area contributed by atoms with Crippen molar-refractivity contribution in [2.45, 2.75) is 56.3 Å². The lowest BCUT2D eigenvalue weighted by Gasteiger charge is -2.49. The Bertz CT molecular complexity index is 1150. The summed E-state index contributed by atoms with van der Waals surface area (Å²) in [4.78, 5) is 35.1. The number of benzene rings is 2. The highest BCUT2D eigenvalue weighted by atomic mass is 35.5.